The maximum absolute atomic E-state index is 12.4. The van der Waals surface area contributed by atoms with E-state index in [1.165, 1.54) is 19.3 Å². The summed E-state index contributed by atoms with van der Waals surface area (Å²) in [6, 6.07) is 6.72. The molecule has 0 fully saturated rings. The van der Waals surface area contributed by atoms with E-state index in [-0.39, 0.29) is 99.5 Å². The van der Waals surface area contributed by atoms with Gasteiger partial charge in [0.25, 0.3) is 5.91 Å². The van der Waals surface area contributed by atoms with Crippen molar-refractivity contribution in [1.29, 1.82) is 0 Å². The maximum Gasteiger partial charge on any atom is 0.332 e. The summed E-state index contributed by atoms with van der Waals surface area (Å²) in [6.45, 7) is 48.4. The first-order valence-electron chi connectivity index (χ1n) is 35.3. The van der Waals surface area contributed by atoms with Crippen LogP contribution in [0.5, 0.6) is 5.75 Å². The van der Waals surface area contributed by atoms with Crippen LogP contribution in [0, 0.1) is 16.2 Å². The molecule has 0 radical (unpaired) electrons. The number of nitrogens with one attached hydrogen (secondary N) is 6. The Bertz CT molecular complexity index is 2460. The molecule has 0 bridgehead atoms. The van der Waals surface area contributed by atoms with Crippen molar-refractivity contribution in [3.05, 3.63) is 61.2 Å². The summed E-state index contributed by atoms with van der Waals surface area (Å²) in [5, 5.41) is 29.3. The fourth-order valence-corrected chi connectivity index (χ4v) is 7.85. The fourth-order valence-electron chi connectivity index (χ4n) is 7.85. The molecule has 3 unspecified atom stereocenters. The van der Waals surface area contributed by atoms with Crippen LogP contribution in [0.4, 0.5) is 0 Å². The Morgan fingerprint density at radius 3 is 1.41 bits per heavy atom. The average Bonchev–Trinajstić information content (AvgIpc) is 0.882. The highest BCUT2D eigenvalue weighted by Crippen LogP contribution is 2.17. The molecule has 3 atom stereocenters. The number of unbranched alkanes of at least 4 members (excludes halogenated alkanes) is 5. The molecule has 0 aliphatic rings. The SMILES string of the molecule is CC.CC(C)(C)CNCCCCCCCOCC(N=[N+]=[N-])OCCCCC(=O)OC(C)(C)C.CC(C)(C)CNCCNC(=O)CCCOCC(N=[N+]=[N-])OCCOCC(=O)OC(C)(C)C.CC(C)(C)CNCCNC(=O)c1cccc(OCC(N=[N+]=[N-])OCCOCC(=O)NC(C)(C)C)c1. The van der Waals surface area contributed by atoms with Crippen LogP contribution in [-0.4, -0.2) is 197 Å². The van der Waals surface area contributed by atoms with Crippen molar-refractivity contribution in [1.82, 2.24) is 31.9 Å². The van der Waals surface area contributed by atoms with Crippen LogP contribution < -0.4 is 36.6 Å². The Kier molecular flexibility index (Phi) is 57.3. The van der Waals surface area contributed by atoms with E-state index >= 15 is 0 Å². The molecule has 0 heterocycles. The predicted octanol–water partition coefficient (Wildman–Crippen LogP) is 12.3. The molecule has 0 saturated heterocycles. The van der Waals surface area contributed by atoms with Gasteiger partial charge >= 0.3 is 11.9 Å². The molecule has 0 spiro atoms. The number of azide groups is 3. The minimum Gasteiger partial charge on any atom is -0.491 e. The second-order valence-electron chi connectivity index (χ2n) is 29.8. The summed E-state index contributed by atoms with van der Waals surface area (Å²) in [7, 11) is 0. The molecular formula is C70H133N15O15. The number of hydrogen-bond acceptors (Lipinski definition) is 21. The van der Waals surface area contributed by atoms with E-state index in [0.717, 1.165) is 45.6 Å². The lowest BCUT2D eigenvalue weighted by Gasteiger charge is -2.20. The number of hydrogen-bond donors (Lipinski definition) is 6. The third kappa shape index (κ3) is 73.1. The molecular weight excluding hydrogens is 1290 g/mol. The van der Waals surface area contributed by atoms with Gasteiger partial charge in [-0.2, -0.15) is 0 Å². The number of amides is 3. The van der Waals surface area contributed by atoms with Crippen LogP contribution in [0.2, 0.25) is 0 Å². The van der Waals surface area contributed by atoms with Gasteiger partial charge < -0.3 is 79.3 Å². The zero-order valence-corrected chi connectivity index (χ0v) is 64.9. The molecule has 0 aliphatic heterocycles. The molecule has 30 nitrogen and oxygen atoms in total. The Balaban J connectivity index is -0.00000140. The van der Waals surface area contributed by atoms with Crippen LogP contribution in [0.25, 0.3) is 31.3 Å². The van der Waals surface area contributed by atoms with Crippen molar-refractivity contribution in [3.63, 3.8) is 0 Å². The van der Waals surface area contributed by atoms with Crippen LogP contribution in [0.1, 0.15) is 213 Å². The minimum absolute atomic E-state index is 0.0314. The fraction of sp³-hybridized carbons (Fsp3) is 0.843. The molecule has 0 aliphatic carbocycles. The van der Waals surface area contributed by atoms with Gasteiger partial charge in [-0.1, -0.05) is 117 Å². The van der Waals surface area contributed by atoms with Crippen molar-refractivity contribution in [2.45, 2.75) is 238 Å². The van der Waals surface area contributed by atoms with Gasteiger partial charge in [-0.3, -0.25) is 19.2 Å². The van der Waals surface area contributed by atoms with Gasteiger partial charge in [0.1, 0.15) is 36.8 Å². The lowest BCUT2D eigenvalue weighted by molar-refractivity contribution is -0.161. The van der Waals surface area contributed by atoms with Crippen molar-refractivity contribution < 1.29 is 71.3 Å². The van der Waals surface area contributed by atoms with Crippen LogP contribution in [-0.2, 0) is 61.8 Å². The highest BCUT2D eigenvalue weighted by atomic mass is 16.6. The van der Waals surface area contributed by atoms with Gasteiger partial charge in [0, 0.05) is 97.8 Å². The monoisotopic (exact) mass is 1420 g/mol. The van der Waals surface area contributed by atoms with E-state index in [0.29, 0.717) is 88.3 Å². The van der Waals surface area contributed by atoms with Crippen LogP contribution >= 0.6 is 0 Å². The average molecular weight is 1420 g/mol. The van der Waals surface area contributed by atoms with Gasteiger partial charge in [-0.25, -0.2) is 4.79 Å². The largest absolute Gasteiger partial charge is 0.491 e. The quantitative estimate of drug-likeness (QED) is 0.0116. The van der Waals surface area contributed by atoms with Crippen molar-refractivity contribution in [2.75, 3.05) is 132 Å². The Morgan fingerprint density at radius 1 is 0.450 bits per heavy atom. The molecule has 0 saturated carbocycles. The van der Waals surface area contributed by atoms with Crippen molar-refractivity contribution >= 4 is 29.7 Å². The molecule has 30 heteroatoms. The van der Waals surface area contributed by atoms with Gasteiger partial charge in [-0.15, -0.1) is 0 Å². The third-order valence-corrected chi connectivity index (χ3v) is 12.0. The smallest absolute Gasteiger partial charge is 0.332 e. The summed E-state index contributed by atoms with van der Waals surface area (Å²) in [6.07, 6.45) is 6.06. The van der Waals surface area contributed by atoms with Crippen LogP contribution in [0.15, 0.2) is 39.6 Å². The van der Waals surface area contributed by atoms with E-state index in [1.54, 1.807) is 45.0 Å². The summed E-state index contributed by atoms with van der Waals surface area (Å²) in [5.74, 6) is -0.682. The molecule has 1 aromatic carbocycles. The second-order valence-corrected chi connectivity index (χ2v) is 29.8. The lowest BCUT2D eigenvalue weighted by Crippen LogP contribution is -2.42. The standard InChI is InChI=1S/C24H40N6O5.C23H46N4O4.C21H41N5O6.C2H6/c1-23(2,3)17-26-10-11-27-22(32)18-8-7-9-19(14-18)35-16-21(29-30-25)34-13-12-33-15-20(31)28-24(4,5)6;1-22(2,3)19-25-15-11-8-7-9-12-16-29-18-20(26-27-24)30-17-13-10-14-21(28)31-23(4,5)6;1-20(2,3)16-23-9-10-24-17(27)8-7-11-29-14-18(25-26-22)31-13-12-30-15-19(28)32-21(4,5)6;1-2/h7-9,14,21,26H,10-13,15-17H2,1-6H3,(H,27,32)(H,28,31);20,25H,7-19H2,1-6H3;18,23H,7-16H2,1-6H3,(H,24,27);1-2H3. The van der Waals surface area contributed by atoms with Crippen molar-refractivity contribution in [3.8, 4) is 5.75 Å². The second kappa shape index (κ2) is 58.4. The lowest BCUT2D eigenvalue weighted by atomic mass is 9.97. The van der Waals surface area contributed by atoms with E-state index in [2.05, 4.69) is 124 Å². The first-order chi connectivity index (χ1) is 46.9. The molecule has 578 valence electrons. The van der Waals surface area contributed by atoms with E-state index < -0.39 is 35.9 Å². The zero-order valence-electron chi connectivity index (χ0n) is 64.9. The van der Waals surface area contributed by atoms with Gasteiger partial charge in [0.2, 0.25) is 11.8 Å². The number of carbonyl (C=O) groups is 5. The molecule has 3 amide bonds. The topological polar surface area (TPSA) is 396 Å². The number of carbonyl (C=O) groups excluding carboxylic acids is 5. The summed E-state index contributed by atoms with van der Waals surface area (Å²) < 4.78 is 54.0. The summed E-state index contributed by atoms with van der Waals surface area (Å²) >= 11 is 0. The first-order valence-corrected chi connectivity index (χ1v) is 35.3. The van der Waals surface area contributed by atoms with Crippen LogP contribution in [0.3, 0.4) is 0 Å². The Labute approximate surface area is 598 Å². The zero-order chi connectivity index (χ0) is 76.4. The Hall–Kier alpha value is -6.10. The highest BCUT2D eigenvalue weighted by Gasteiger charge is 2.20. The van der Waals surface area contributed by atoms with E-state index in [4.69, 9.17) is 64.0 Å². The first kappa shape index (κ1) is 98.1. The van der Waals surface area contributed by atoms with Crippen molar-refractivity contribution in [2.24, 2.45) is 31.6 Å². The summed E-state index contributed by atoms with van der Waals surface area (Å²) in [5.41, 5.74) is 25.9. The number of rotatable bonds is 50. The molecule has 1 aromatic rings. The number of ether oxygens (including phenoxy) is 10. The number of benzene rings is 1. The number of esters is 2. The molecule has 100 heavy (non-hydrogen) atoms. The number of nitrogens with zero attached hydrogens (tertiary/aromatic N) is 9. The maximum atomic E-state index is 12.4. The summed E-state index contributed by atoms with van der Waals surface area (Å²) in [4.78, 5) is 67.4. The molecule has 6 N–H and O–H groups in total. The van der Waals surface area contributed by atoms with E-state index in [9.17, 15) is 24.0 Å². The normalized spacial score (nSPS) is 12.5. The Morgan fingerprint density at radius 2 is 0.900 bits per heavy atom. The third-order valence-electron chi connectivity index (χ3n) is 12.0. The van der Waals surface area contributed by atoms with E-state index in [1.807, 2.05) is 55.4 Å². The van der Waals surface area contributed by atoms with Gasteiger partial charge in [0.15, 0.2) is 18.7 Å². The van der Waals surface area contributed by atoms with Gasteiger partial charge in [-0.05, 0) is 159 Å². The highest BCUT2D eigenvalue weighted by molar-refractivity contribution is 5.94. The minimum atomic E-state index is -0.890. The molecule has 0 aromatic heterocycles. The van der Waals surface area contributed by atoms with Gasteiger partial charge in [0.05, 0.1) is 39.6 Å². The predicted molar refractivity (Wildman–Crippen MR) is 391 cm³/mol. The molecule has 1 rings (SSSR count).